The Labute approximate surface area is 205 Å². The fourth-order valence-corrected chi connectivity index (χ4v) is 5.39. The van der Waals surface area contributed by atoms with Gasteiger partial charge in [0, 0.05) is 22.6 Å². The molecular formula is C25H32Cl2N2O4. The Morgan fingerprint density at radius 2 is 1.82 bits per heavy atom. The molecule has 2 saturated carbocycles. The second kappa shape index (κ2) is 9.47. The van der Waals surface area contributed by atoms with Crippen molar-refractivity contribution in [3.05, 3.63) is 39.6 Å². The SMILES string of the molecule is COC(=O)NC1(C(C)(C)C)CCC(OCc2c(-c3c(Cl)cccc3Cl)noc2C2CC2)CC1. The van der Waals surface area contributed by atoms with Crippen LogP contribution in [0.5, 0.6) is 0 Å². The van der Waals surface area contributed by atoms with Gasteiger partial charge in [0.2, 0.25) is 0 Å². The van der Waals surface area contributed by atoms with Crippen molar-refractivity contribution in [2.24, 2.45) is 5.41 Å². The molecule has 4 rings (SSSR count). The first-order valence-electron chi connectivity index (χ1n) is 11.6. The first-order valence-corrected chi connectivity index (χ1v) is 12.3. The van der Waals surface area contributed by atoms with Crippen LogP contribution in [-0.2, 0) is 16.1 Å². The van der Waals surface area contributed by atoms with Crippen LogP contribution in [0, 0.1) is 5.41 Å². The number of nitrogens with one attached hydrogen (secondary N) is 1. The van der Waals surface area contributed by atoms with Crippen LogP contribution in [-0.4, -0.2) is 30.0 Å². The smallest absolute Gasteiger partial charge is 0.407 e. The van der Waals surface area contributed by atoms with Crippen LogP contribution in [0.3, 0.4) is 0 Å². The van der Waals surface area contributed by atoms with E-state index in [4.69, 9.17) is 37.2 Å². The number of carbonyl (C=O) groups is 1. The summed E-state index contributed by atoms with van der Waals surface area (Å²) >= 11 is 12.9. The van der Waals surface area contributed by atoms with Crippen LogP contribution in [0.2, 0.25) is 10.0 Å². The molecular weight excluding hydrogens is 463 g/mol. The van der Waals surface area contributed by atoms with Gasteiger partial charge in [-0.3, -0.25) is 0 Å². The number of ether oxygens (including phenoxy) is 2. The summed E-state index contributed by atoms with van der Waals surface area (Å²) in [6.45, 7) is 6.86. The molecule has 2 aromatic rings. The van der Waals surface area contributed by atoms with E-state index in [0.29, 0.717) is 33.8 Å². The molecule has 0 saturated heterocycles. The summed E-state index contributed by atoms with van der Waals surface area (Å²) in [7, 11) is 1.40. The molecule has 0 unspecified atom stereocenters. The van der Waals surface area contributed by atoms with Gasteiger partial charge in [-0.05, 0) is 56.1 Å². The third-order valence-corrected chi connectivity index (χ3v) is 7.81. The lowest BCUT2D eigenvalue weighted by molar-refractivity contribution is -0.0244. The molecule has 6 nitrogen and oxygen atoms in total. The highest BCUT2D eigenvalue weighted by molar-refractivity contribution is 6.39. The highest BCUT2D eigenvalue weighted by atomic mass is 35.5. The van der Waals surface area contributed by atoms with Crippen LogP contribution in [0.4, 0.5) is 4.79 Å². The van der Waals surface area contributed by atoms with Gasteiger partial charge in [0.05, 0.1) is 29.9 Å². The summed E-state index contributed by atoms with van der Waals surface area (Å²) in [4.78, 5) is 12.0. The van der Waals surface area contributed by atoms with Crippen LogP contribution < -0.4 is 5.32 Å². The Kier molecular flexibility index (Phi) is 7.00. The number of methoxy groups -OCH3 is 1. The number of carbonyl (C=O) groups excluding carboxylic acids is 1. The van der Waals surface area contributed by atoms with E-state index in [9.17, 15) is 4.79 Å². The highest BCUT2D eigenvalue weighted by Gasteiger charge is 2.46. The highest BCUT2D eigenvalue weighted by Crippen LogP contribution is 2.47. The van der Waals surface area contributed by atoms with Crippen molar-refractivity contribution in [3.8, 4) is 11.3 Å². The zero-order valence-corrected chi connectivity index (χ0v) is 21.2. The normalized spacial score (nSPS) is 23.4. The second-order valence-electron chi connectivity index (χ2n) is 10.2. The molecule has 8 heteroatoms. The number of rotatable bonds is 6. The number of aromatic nitrogens is 1. The van der Waals surface area contributed by atoms with E-state index in [1.807, 2.05) is 6.07 Å². The molecule has 1 heterocycles. The summed E-state index contributed by atoms with van der Waals surface area (Å²) in [6, 6.07) is 5.43. The Bertz CT molecular complexity index is 982. The molecule has 0 atom stereocenters. The summed E-state index contributed by atoms with van der Waals surface area (Å²) in [5.41, 5.74) is 1.86. The molecule has 33 heavy (non-hydrogen) atoms. The van der Waals surface area contributed by atoms with E-state index in [2.05, 4.69) is 31.2 Å². The number of alkyl carbamates (subject to hydrolysis) is 1. The van der Waals surface area contributed by atoms with Gasteiger partial charge in [-0.1, -0.05) is 55.2 Å². The molecule has 0 radical (unpaired) electrons. The average molecular weight is 495 g/mol. The minimum Gasteiger partial charge on any atom is -0.453 e. The molecule has 2 fully saturated rings. The minimum atomic E-state index is -0.385. The third kappa shape index (κ3) is 5.03. The van der Waals surface area contributed by atoms with Crippen LogP contribution in [0.1, 0.15) is 76.5 Å². The van der Waals surface area contributed by atoms with E-state index in [0.717, 1.165) is 49.8 Å². The largest absolute Gasteiger partial charge is 0.453 e. The lowest BCUT2D eigenvalue weighted by atomic mass is 9.65. The molecule has 1 N–H and O–H groups in total. The molecule has 1 aromatic heterocycles. The standard InChI is InChI=1S/C25H32Cl2N2O4/c1-24(2,3)25(28-23(30)31-4)12-10-16(11-13-25)32-14-17-21(29-33-22(17)15-8-9-15)20-18(26)6-5-7-19(20)27/h5-7,15-16H,8-14H2,1-4H3,(H,28,30). The first-order chi connectivity index (χ1) is 15.6. The van der Waals surface area contributed by atoms with Crippen LogP contribution in [0.25, 0.3) is 11.3 Å². The van der Waals surface area contributed by atoms with Gasteiger partial charge in [0.1, 0.15) is 11.5 Å². The molecule has 180 valence electrons. The van der Waals surface area contributed by atoms with E-state index >= 15 is 0 Å². The van der Waals surface area contributed by atoms with E-state index in [1.54, 1.807) is 12.1 Å². The van der Waals surface area contributed by atoms with Gasteiger partial charge >= 0.3 is 6.09 Å². The lowest BCUT2D eigenvalue weighted by Gasteiger charge is -2.49. The van der Waals surface area contributed by atoms with Gasteiger partial charge in [0.15, 0.2) is 0 Å². The van der Waals surface area contributed by atoms with Gasteiger partial charge in [0.25, 0.3) is 0 Å². The van der Waals surface area contributed by atoms with Crippen molar-refractivity contribution in [2.75, 3.05) is 7.11 Å². The quantitative estimate of drug-likeness (QED) is 0.462. The van der Waals surface area contributed by atoms with Crippen molar-refractivity contribution in [1.82, 2.24) is 10.5 Å². The third-order valence-electron chi connectivity index (χ3n) is 7.18. The predicted octanol–water partition coefficient (Wildman–Crippen LogP) is 7.13. The number of benzene rings is 1. The fourth-order valence-electron chi connectivity index (χ4n) is 4.81. The second-order valence-corrected chi connectivity index (χ2v) is 11.0. The number of amides is 1. The average Bonchev–Trinajstić information content (AvgIpc) is 3.53. The summed E-state index contributed by atoms with van der Waals surface area (Å²) in [6.07, 6.45) is 5.20. The van der Waals surface area contributed by atoms with Crippen molar-refractivity contribution in [2.45, 2.75) is 83.5 Å². The molecule has 2 aliphatic carbocycles. The topological polar surface area (TPSA) is 73.6 Å². The minimum absolute atomic E-state index is 0.0800. The zero-order valence-electron chi connectivity index (χ0n) is 19.7. The molecule has 0 spiro atoms. The maximum atomic E-state index is 12.0. The number of halogens is 2. The molecule has 2 aliphatic rings. The number of hydrogen-bond acceptors (Lipinski definition) is 5. The van der Waals surface area contributed by atoms with Gasteiger partial charge in [-0.15, -0.1) is 0 Å². The van der Waals surface area contributed by atoms with Crippen LogP contribution in [0.15, 0.2) is 22.7 Å². The van der Waals surface area contributed by atoms with Crippen molar-refractivity contribution < 1.29 is 18.8 Å². The first kappa shape index (κ1) is 24.4. The van der Waals surface area contributed by atoms with E-state index in [1.165, 1.54) is 7.11 Å². The Hall–Kier alpha value is -1.76. The number of nitrogens with zero attached hydrogens (tertiary/aromatic N) is 1. The van der Waals surface area contributed by atoms with Crippen molar-refractivity contribution in [1.29, 1.82) is 0 Å². The lowest BCUT2D eigenvalue weighted by Crippen LogP contribution is -2.59. The molecule has 1 amide bonds. The van der Waals surface area contributed by atoms with Gasteiger partial charge in [-0.2, -0.15) is 0 Å². The van der Waals surface area contributed by atoms with E-state index in [-0.39, 0.29) is 23.2 Å². The maximum absolute atomic E-state index is 12.0. The predicted molar refractivity (Wildman–Crippen MR) is 129 cm³/mol. The Morgan fingerprint density at radius 1 is 1.18 bits per heavy atom. The van der Waals surface area contributed by atoms with Gasteiger partial charge in [-0.25, -0.2) is 4.79 Å². The number of hydrogen-bond donors (Lipinski definition) is 1. The maximum Gasteiger partial charge on any atom is 0.407 e. The van der Waals surface area contributed by atoms with Gasteiger partial charge < -0.3 is 19.3 Å². The molecule has 0 aliphatic heterocycles. The molecule has 1 aromatic carbocycles. The summed E-state index contributed by atoms with van der Waals surface area (Å²) < 4.78 is 17.0. The fraction of sp³-hybridized carbons (Fsp3) is 0.600. The van der Waals surface area contributed by atoms with E-state index < -0.39 is 0 Å². The Balaban J connectivity index is 1.49. The van der Waals surface area contributed by atoms with Crippen molar-refractivity contribution in [3.63, 3.8) is 0 Å². The summed E-state index contributed by atoms with van der Waals surface area (Å²) in [5, 5.41) is 8.55. The molecule has 0 bridgehead atoms. The van der Waals surface area contributed by atoms with Crippen molar-refractivity contribution >= 4 is 29.3 Å². The zero-order chi connectivity index (χ0) is 23.8. The Morgan fingerprint density at radius 3 is 2.36 bits per heavy atom. The monoisotopic (exact) mass is 494 g/mol. The summed E-state index contributed by atoms with van der Waals surface area (Å²) in [5.74, 6) is 1.27. The van der Waals surface area contributed by atoms with Crippen LogP contribution >= 0.6 is 23.2 Å².